The van der Waals surface area contributed by atoms with E-state index >= 15 is 0 Å². The molecule has 0 aromatic carbocycles. The molecule has 296 valence electrons. The first-order chi connectivity index (χ1) is 24.2. The fourth-order valence-corrected chi connectivity index (χ4v) is 7.20. The van der Waals surface area contributed by atoms with Gasteiger partial charge in [-0.1, -0.05) is 155 Å². The maximum atomic E-state index is 12.6. The van der Waals surface area contributed by atoms with E-state index in [1.807, 2.05) is 0 Å². The minimum absolute atomic E-state index is 0.196. The largest absolute Gasteiger partial charge is 0.472 e. The van der Waals surface area contributed by atoms with E-state index in [1.54, 1.807) is 0 Å². The Bertz CT molecular complexity index is 872. The number of ether oxygens (including phenoxy) is 2. The van der Waals surface area contributed by atoms with Crippen molar-refractivity contribution in [2.24, 2.45) is 11.8 Å². The van der Waals surface area contributed by atoms with Crippen LogP contribution in [0.15, 0.2) is 0 Å². The normalized spacial score (nSPS) is 18.0. The highest BCUT2D eigenvalue weighted by Gasteiger charge is 2.35. The van der Waals surface area contributed by atoms with Crippen molar-refractivity contribution in [2.45, 2.75) is 199 Å². The Morgan fingerprint density at radius 2 is 1.04 bits per heavy atom. The van der Waals surface area contributed by atoms with Crippen LogP contribution in [-0.2, 0) is 32.7 Å². The van der Waals surface area contributed by atoms with E-state index in [2.05, 4.69) is 18.4 Å². The molecule has 1 fully saturated rings. The number of unbranched alkanes of at least 4 members (excludes halogenated alkanes) is 19. The van der Waals surface area contributed by atoms with Gasteiger partial charge < -0.3 is 24.6 Å². The van der Waals surface area contributed by atoms with Gasteiger partial charge in [0.25, 0.3) is 0 Å². The lowest BCUT2D eigenvalue weighted by atomic mass is 10.0. The number of carbonyl (C=O) groups excluding carboxylic acids is 2. The summed E-state index contributed by atoms with van der Waals surface area (Å²) in [6.07, 6.45) is 28.3. The van der Waals surface area contributed by atoms with Crippen LogP contribution in [0.2, 0.25) is 0 Å². The highest BCUT2D eigenvalue weighted by Crippen LogP contribution is 2.46. The van der Waals surface area contributed by atoms with Crippen molar-refractivity contribution >= 4 is 19.8 Å². The lowest BCUT2D eigenvalue weighted by Gasteiger charge is -2.20. The zero-order valence-electron chi connectivity index (χ0n) is 31.9. The second-order valence-corrected chi connectivity index (χ2v) is 16.0. The van der Waals surface area contributed by atoms with Gasteiger partial charge in [0.1, 0.15) is 12.7 Å². The molecule has 0 heterocycles. The van der Waals surface area contributed by atoms with Crippen LogP contribution >= 0.6 is 7.82 Å². The molecule has 0 radical (unpaired) electrons. The highest BCUT2D eigenvalue weighted by molar-refractivity contribution is 7.47. The predicted molar refractivity (Wildman–Crippen MR) is 199 cm³/mol. The molecule has 0 spiro atoms. The summed E-state index contributed by atoms with van der Waals surface area (Å²) in [6, 6.07) is 0. The molecule has 0 aromatic rings. The average molecular weight is 735 g/mol. The first-order valence-electron chi connectivity index (χ1n) is 20.5. The summed E-state index contributed by atoms with van der Waals surface area (Å²) in [4.78, 5) is 34.9. The molecule has 1 aliphatic carbocycles. The van der Waals surface area contributed by atoms with Crippen molar-refractivity contribution in [3.63, 3.8) is 0 Å². The molecule has 1 aliphatic rings. The van der Waals surface area contributed by atoms with Crippen molar-refractivity contribution in [3.8, 4) is 0 Å². The summed E-state index contributed by atoms with van der Waals surface area (Å²) >= 11 is 0. The highest BCUT2D eigenvalue weighted by atomic mass is 31.2. The summed E-state index contributed by atoms with van der Waals surface area (Å²) < 4.78 is 32.7. The van der Waals surface area contributed by atoms with Gasteiger partial charge in [0.15, 0.2) is 6.10 Å². The van der Waals surface area contributed by atoms with Gasteiger partial charge in [0.2, 0.25) is 0 Å². The zero-order valence-corrected chi connectivity index (χ0v) is 32.8. The summed E-state index contributed by atoms with van der Waals surface area (Å²) in [7, 11) is -4.60. The van der Waals surface area contributed by atoms with Crippen molar-refractivity contribution in [3.05, 3.63) is 0 Å². The number of esters is 2. The summed E-state index contributed by atoms with van der Waals surface area (Å²) in [5, 5.41) is 18.3. The van der Waals surface area contributed by atoms with Crippen LogP contribution in [0.3, 0.4) is 0 Å². The topological polar surface area (TPSA) is 149 Å². The molecular formula is C39H75O10P. The van der Waals surface area contributed by atoms with Gasteiger partial charge in [0, 0.05) is 12.8 Å². The van der Waals surface area contributed by atoms with Crippen LogP contribution in [0.25, 0.3) is 0 Å². The van der Waals surface area contributed by atoms with E-state index in [0.29, 0.717) is 12.8 Å². The van der Waals surface area contributed by atoms with Gasteiger partial charge in [0.05, 0.1) is 19.8 Å². The van der Waals surface area contributed by atoms with Gasteiger partial charge in [-0.05, 0) is 31.1 Å². The lowest BCUT2D eigenvalue weighted by Crippen LogP contribution is -2.29. The molecule has 0 aromatic heterocycles. The van der Waals surface area contributed by atoms with Crippen LogP contribution in [0.1, 0.15) is 187 Å². The summed E-state index contributed by atoms with van der Waals surface area (Å²) in [5.41, 5.74) is 0. The van der Waals surface area contributed by atoms with E-state index in [0.717, 1.165) is 43.9 Å². The molecule has 0 bridgehead atoms. The Labute approximate surface area is 304 Å². The van der Waals surface area contributed by atoms with E-state index in [4.69, 9.17) is 19.1 Å². The SMILES string of the molecule is CCCCCCCCCCCCCCCC(=O)OC[C@H](COP(=O)(O)OC[C@H](O)CO)OC(=O)CCCCCCC[C@@H]1C[C@@H]1CCCCCC. The Morgan fingerprint density at radius 3 is 1.54 bits per heavy atom. The van der Waals surface area contributed by atoms with Crippen molar-refractivity contribution in [2.75, 3.05) is 26.4 Å². The Hall–Kier alpha value is -1.03. The summed E-state index contributed by atoms with van der Waals surface area (Å²) in [5.74, 6) is 0.973. The maximum Gasteiger partial charge on any atom is 0.472 e. The molecule has 0 aliphatic heterocycles. The van der Waals surface area contributed by atoms with Gasteiger partial charge in [-0.15, -0.1) is 0 Å². The van der Waals surface area contributed by atoms with Crippen molar-refractivity contribution < 1.29 is 47.8 Å². The van der Waals surface area contributed by atoms with Gasteiger partial charge >= 0.3 is 19.8 Å². The molecule has 1 saturated carbocycles. The molecule has 11 heteroatoms. The Balaban J connectivity index is 2.27. The fourth-order valence-electron chi connectivity index (χ4n) is 6.41. The van der Waals surface area contributed by atoms with Gasteiger partial charge in [-0.25, -0.2) is 4.57 Å². The fraction of sp³-hybridized carbons (Fsp3) is 0.949. The second kappa shape index (κ2) is 31.5. The number of aliphatic hydroxyl groups is 2. The number of aliphatic hydroxyl groups excluding tert-OH is 2. The molecule has 1 unspecified atom stereocenters. The zero-order chi connectivity index (χ0) is 36.7. The molecular weight excluding hydrogens is 659 g/mol. The molecule has 1 rings (SSSR count). The smallest absolute Gasteiger partial charge is 0.462 e. The first-order valence-corrected chi connectivity index (χ1v) is 22.0. The Morgan fingerprint density at radius 1 is 0.620 bits per heavy atom. The quantitative estimate of drug-likeness (QED) is 0.0320. The third-order valence-corrected chi connectivity index (χ3v) is 10.7. The third kappa shape index (κ3) is 28.5. The lowest BCUT2D eigenvalue weighted by molar-refractivity contribution is -0.161. The first kappa shape index (κ1) is 47.0. The third-order valence-electron chi connectivity index (χ3n) is 9.73. The number of hydrogen-bond donors (Lipinski definition) is 3. The van der Waals surface area contributed by atoms with E-state index in [9.17, 15) is 24.2 Å². The average Bonchev–Trinajstić information content (AvgIpc) is 3.86. The predicted octanol–water partition coefficient (Wildman–Crippen LogP) is 9.75. The van der Waals surface area contributed by atoms with Crippen LogP contribution in [0, 0.1) is 11.8 Å². The number of phosphoric ester groups is 1. The minimum Gasteiger partial charge on any atom is -0.462 e. The molecule has 0 saturated heterocycles. The number of carbonyl (C=O) groups is 2. The molecule has 3 N–H and O–H groups in total. The van der Waals surface area contributed by atoms with Crippen LogP contribution in [-0.4, -0.2) is 65.7 Å². The van der Waals surface area contributed by atoms with Crippen LogP contribution in [0.4, 0.5) is 0 Å². The van der Waals surface area contributed by atoms with E-state index in [-0.39, 0.29) is 19.4 Å². The van der Waals surface area contributed by atoms with E-state index < -0.39 is 51.8 Å². The molecule has 10 nitrogen and oxygen atoms in total. The summed E-state index contributed by atoms with van der Waals surface area (Å²) in [6.45, 7) is 2.41. The number of phosphoric acid groups is 1. The van der Waals surface area contributed by atoms with Gasteiger partial charge in [-0.2, -0.15) is 0 Å². The number of hydrogen-bond acceptors (Lipinski definition) is 9. The monoisotopic (exact) mass is 735 g/mol. The number of rotatable bonds is 37. The van der Waals surface area contributed by atoms with Crippen LogP contribution in [0.5, 0.6) is 0 Å². The minimum atomic E-state index is -4.60. The van der Waals surface area contributed by atoms with Crippen molar-refractivity contribution in [1.29, 1.82) is 0 Å². The maximum absolute atomic E-state index is 12.6. The van der Waals surface area contributed by atoms with Crippen LogP contribution < -0.4 is 0 Å². The Kier molecular flexibility index (Phi) is 29.6. The molecule has 0 amide bonds. The molecule has 50 heavy (non-hydrogen) atoms. The molecule has 5 atom stereocenters. The second-order valence-electron chi connectivity index (χ2n) is 14.6. The van der Waals surface area contributed by atoms with Gasteiger partial charge in [-0.3, -0.25) is 18.6 Å². The standard InChI is InChI=1S/C39H75O10P/c1-3-5-7-9-10-11-12-13-14-15-16-19-23-27-38(42)46-32-37(33-48-50(44,45)47-31-36(41)30-40)49-39(43)28-24-20-17-18-22-26-35-29-34(35)25-21-8-6-4-2/h34-37,40-41H,3-33H2,1-2H3,(H,44,45)/t34-,35+,36+,37+/m0/s1. The van der Waals surface area contributed by atoms with E-state index in [1.165, 1.54) is 116 Å². The van der Waals surface area contributed by atoms with Crippen molar-refractivity contribution in [1.82, 2.24) is 0 Å².